The van der Waals surface area contributed by atoms with Gasteiger partial charge in [-0.3, -0.25) is 0 Å². The first-order chi connectivity index (χ1) is 9.95. The zero-order valence-electron chi connectivity index (χ0n) is 13.7. The Balaban J connectivity index is 2.63. The molecule has 0 aromatic heterocycles. The summed E-state index contributed by atoms with van der Waals surface area (Å²) < 4.78 is 0. The first-order valence-electron chi connectivity index (χ1n) is 7.75. The zero-order chi connectivity index (χ0) is 15.7. The molecule has 0 saturated heterocycles. The first-order valence-corrected chi connectivity index (χ1v) is 7.75. The Hall–Kier alpha value is -1.55. The van der Waals surface area contributed by atoms with E-state index in [2.05, 4.69) is 29.5 Å². The highest BCUT2D eigenvalue weighted by molar-refractivity contribution is 5.79. The van der Waals surface area contributed by atoms with Crippen molar-refractivity contribution in [1.82, 2.24) is 10.6 Å². The minimum atomic E-state index is -0.957. The van der Waals surface area contributed by atoms with Crippen LogP contribution in [0.5, 0.6) is 0 Å². The summed E-state index contributed by atoms with van der Waals surface area (Å²) in [6.07, 6.45) is 1.10. The zero-order valence-corrected chi connectivity index (χ0v) is 13.7. The molecule has 0 aliphatic heterocycles. The van der Waals surface area contributed by atoms with Crippen molar-refractivity contribution in [2.75, 3.05) is 19.6 Å². The van der Waals surface area contributed by atoms with Gasteiger partial charge in [-0.05, 0) is 31.7 Å². The Kier molecular flexibility index (Phi) is 7.23. The number of aliphatic imine (C=N–C) groups is 1. The summed E-state index contributed by atoms with van der Waals surface area (Å²) in [6, 6.07) is 9.66. The molecular formula is C17H29N3O. The molecule has 0 amide bonds. The molecule has 4 heteroatoms. The van der Waals surface area contributed by atoms with Gasteiger partial charge in [-0.25, -0.2) is 4.99 Å². The maximum Gasteiger partial charge on any atom is 0.191 e. The van der Waals surface area contributed by atoms with Gasteiger partial charge < -0.3 is 15.7 Å². The maximum atomic E-state index is 10.6. The van der Waals surface area contributed by atoms with Crippen LogP contribution in [0.2, 0.25) is 0 Å². The smallest absolute Gasteiger partial charge is 0.191 e. The second-order valence-electron chi connectivity index (χ2n) is 5.94. The molecule has 21 heavy (non-hydrogen) atoms. The Labute approximate surface area is 128 Å². The molecule has 0 bridgehead atoms. The van der Waals surface area contributed by atoms with Crippen molar-refractivity contribution in [3.63, 3.8) is 0 Å². The van der Waals surface area contributed by atoms with Crippen LogP contribution in [0.25, 0.3) is 0 Å². The van der Waals surface area contributed by atoms with Gasteiger partial charge in [0.1, 0.15) is 5.60 Å². The largest absolute Gasteiger partial charge is 0.384 e. The third-order valence-corrected chi connectivity index (χ3v) is 3.30. The second-order valence-corrected chi connectivity index (χ2v) is 5.94. The summed E-state index contributed by atoms with van der Waals surface area (Å²) in [7, 11) is 0. The lowest BCUT2D eigenvalue weighted by Gasteiger charge is -2.22. The van der Waals surface area contributed by atoms with Gasteiger partial charge in [-0.2, -0.15) is 0 Å². The van der Waals surface area contributed by atoms with Gasteiger partial charge in [-0.15, -0.1) is 0 Å². The Morgan fingerprint density at radius 3 is 2.48 bits per heavy atom. The van der Waals surface area contributed by atoms with Crippen LogP contribution < -0.4 is 10.6 Å². The first kappa shape index (κ1) is 17.5. The van der Waals surface area contributed by atoms with E-state index in [0.717, 1.165) is 31.0 Å². The molecule has 0 saturated carbocycles. The molecule has 0 spiro atoms. The highest BCUT2D eigenvalue weighted by atomic mass is 16.3. The SMILES string of the molecule is CCNC(=NCC(C)(O)c1ccccc1)NCCC(C)C. The molecule has 3 N–H and O–H groups in total. The number of rotatable bonds is 7. The fourth-order valence-electron chi connectivity index (χ4n) is 1.94. The number of aliphatic hydroxyl groups is 1. The van der Waals surface area contributed by atoms with Crippen LogP contribution in [0.4, 0.5) is 0 Å². The number of nitrogens with one attached hydrogen (secondary N) is 2. The van der Waals surface area contributed by atoms with Gasteiger partial charge in [0, 0.05) is 13.1 Å². The molecule has 1 unspecified atom stereocenters. The quantitative estimate of drug-likeness (QED) is 0.534. The lowest BCUT2D eigenvalue weighted by atomic mass is 9.96. The van der Waals surface area contributed by atoms with E-state index in [9.17, 15) is 5.11 Å². The van der Waals surface area contributed by atoms with E-state index >= 15 is 0 Å². The fraction of sp³-hybridized carbons (Fsp3) is 0.588. The van der Waals surface area contributed by atoms with E-state index in [-0.39, 0.29) is 0 Å². The molecule has 0 aliphatic rings. The molecule has 1 rings (SSSR count). The summed E-state index contributed by atoms with van der Waals surface area (Å²) in [5.74, 6) is 1.42. The van der Waals surface area contributed by atoms with Crippen LogP contribution in [0.3, 0.4) is 0 Å². The van der Waals surface area contributed by atoms with Crippen LogP contribution in [0, 0.1) is 5.92 Å². The van der Waals surface area contributed by atoms with E-state index in [1.165, 1.54) is 0 Å². The van der Waals surface area contributed by atoms with Gasteiger partial charge in [0.25, 0.3) is 0 Å². The molecule has 0 radical (unpaired) electrons. The number of benzene rings is 1. The third kappa shape index (κ3) is 6.63. The molecule has 118 valence electrons. The second kappa shape index (κ2) is 8.67. The minimum absolute atomic E-state index is 0.327. The normalized spacial score (nSPS) is 14.9. The summed E-state index contributed by atoms with van der Waals surface area (Å²) >= 11 is 0. The molecule has 1 aromatic carbocycles. The van der Waals surface area contributed by atoms with Crippen molar-refractivity contribution < 1.29 is 5.11 Å². The van der Waals surface area contributed by atoms with Crippen LogP contribution in [0.15, 0.2) is 35.3 Å². The Morgan fingerprint density at radius 1 is 1.24 bits per heavy atom. The van der Waals surface area contributed by atoms with E-state index in [1.54, 1.807) is 6.92 Å². The van der Waals surface area contributed by atoms with Gasteiger partial charge in [0.15, 0.2) is 5.96 Å². The Bertz CT molecular complexity index is 427. The molecular weight excluding hydrogens is 262 g/mol. The van der Waals surface area contributed by atoms with Crippen molar-refractivity contribution in [2.45, 2.75) is 39.7 Å². The fourth-order valence-corrected chi connectivity index (χ4v) is 1.94. The molecule has 4 nitrogen and oxygen atoms in total. The molecule has 1 atom stereocenters. The van der Waals surface area contributed by atoms with Crippen LogP contribution in [0.1, 0.15) is 39.7 Å². The minimum Gasteiger partial charge on any atom is -0.384 e. The average Bonchev–Trinajstić information content (AvgIpc) is 2.45. The molecule has 0 aliphatic carbocycles. The van der Waals surface area contributed by atoms with Gasteiger partial charge in [0.05, 0.1) is 6.54 Å². The lowest BCUT2D eigenvalue weighted by molar-refractivity contribution is 0.0672. The van der Waals surface area contributed by atoms with E-state index < -0.39 is 5.60 Å². The Morgan fingerprint density at radius 2 is 1.90 bits per heavy atom. The number of nitrogens with zero attached hydrogens (tertiary/aromatic N) is 1. The summed E-state index contributed by atoms with van der Waals surface area (Å²) in [6.45, 7) is 10.3. The van der Waals surface area contributed by atoms with E-state index in [4.69, 9.17) is 0 Å². The van der Waals surface area contributed by atoms with Gasteiger partial charge in [0.2, 0.25) is 0 Å². The van der Waals surface area contributed by atoms with Gasteiger partial charge in [-0.1, -0.05) is 44.2 Å². The maximum absolute atomic E-state index is 10.6. The van der Waals surface area contributed by atoms with Crippen molar-refractivity contribution in [1.29, 1.82) is 0 Å². The van der Waals surface area contributed by atoms with Crippen molar-refractivity contribution in [2.24, 2.45) is 10.9 Å². The third-order valence-electron chi connectivity index (χ3n) is 3.30. The van der Waals surface area contributed by atoms with E-state index in [0.29, 0.717) is 12.5 Å². The molecule has 1 aromatic rings. The van der Waals surface area contributed by atoms with E-state index in [1.807, 2.05) is 37.3 Å². The van der Waals surface area contributed by atoms with Gasteiger partial charge >= 0.3 is 0 Å². The topological polar surface area (TPSA) is 56.7 Å². The monoisotopic (exact) mass is 291 g/mol. The van der Waals surface area contributed by atoms with Crippen molar-refractivity contribution in [3.8, 4) is 0 Å². The standard InChI is InChI=1S/C17H29N3O/c1-5-18-16(19-12-11-14(2)3)20-13-17(4,21)15-9-7-6-8-10-15/h6-10,14,21H,5,11-13H2,1-4H3,(H2,18,19,20). The highest BCUT2D eigenvalue weighted by Gasteiger charge is 2.22. The summed E-state index contributed by atoms with van der Waals surface area (Å²) in [5.41, 5.74) is -0.0754. The summed E-state index contributed by atoms with van der Waals surface area (Å²) in [4.78, 5) is 4.50. The molecule has 0 heterocycles. The average molecular weight is 291 g/mol. The molecule has 0 fully saturated rings. The lowest BCUT2D eigenvalue weighted by Crippen LogP contribution is -2.39. The van der Waals surface area contributed by atoms with Crippen LogP contribution in [-0.4, -0.2) is 30.7 Å². The number of hydrogen-bond acceptors (Lipinski definition) is 2. The predicted molar refractivity (Wildman–Crippen MR) is 89.4 cm³/mol. The highest BCUT2D eigenvalue weighted by Crippen LogP contribution is 2.20. The van der Waals surface area contributed by atoms with Crippen LogP contribution in [-0.2, 0) is 5.60 Å². The van der Waals surface area contributed by atoms with Crippen molar-refractivity contribution in [3.05, 3.63) is 35.9 Å². The number of hydrogen-bond donors (Lipinski definition) is 3. The van der Waals surface area contributed by atoms with Crippen LogP contribution >= 0.6 is 0 Å². The van der Waals surface area contributed by atoms with Crippen molar-refractivity contribution >= 4 is 5.96 Å². The predicted octanol–water partition coefficient (Wildman–Crippen LogP) is 2.50. The number of guanidine groups is 1. The summed E-state index contributed by atoms with van der Waals surface area (Å²) in [5, 5.41) is 17.1.